The van der Waals surface area contributed by atoms with E-state index in [2.05, 4.69) is 6.92 Å². The van der Waals surface area contributed by atoms with Gasteiger partial charge < -0.3 is 33.4 Å². The minimum atomic E-state index is -0.644. The predicted octanol–water partition coefficient (Wildman–Crippen LogP) is 5.78. The van der Waals surface area contributed by atoms with Crippen molar-refractivity contribution in [1.82, 2.24) is 4.90 Å². The number of fused-ring (bicyclic) bond motifs is 1. The summed E-state index contributed by atoms with van der Waals surface area (Å²) in [4.78, 5) is 27.4. The molecule has 0 saturated heterocycles. The van der Waals surface area contributed by atoms with Crippen LogP contribution < -0.4 is 24.4 Å². The van der Waals surface area contributed by atoms with E-state index < -0.39 is 11.2 Å². The number of hydrogen-bond donors (Lipinski definition) is 1. The van der Waals surface area contributed by atoms with Gasteiger partial charge >= 0.3 is 0 Å². The Morgan fingerprint density at radius 3 is 2.33 bits per heavy atom. The summed E-state index contributed by atoms with van der Waals surface area (Å²) in [6.07, 6.45) is 6.00. The third kappa shape index (κ3) is 7.16. The lowest BCUT2D eigenvalue weighted by molar-refractivity contribution is -0.130. The molecule has 0 unspecified atom stereocenters. The van der Waals surface area contributed by atoms with Crippen molar-refractivity contribution in [3.8, 4) is 40.1 Å². The van der Waals surface area contributed by atoms with E-state index in [4.69, 9.17) is 23.4 Å². The molecule has 0 aliphatic heterocycles. The van der Waals surface area contributed by atoms with E-state index in [-0.39, 0.29) is 34.1 Å². The Labute approximate surface area is 229 Å². The molecule has 0 aliphatic carbocycles. The molecule has 0 atom stereocenters. The summed E-state index contributed by atoms with van der Waals surface area (Å²) in [5.41, 5.74) is -0.0444. The van der Waals surface area contributed by atoms with Crippen molar-refractivity contribution in [3.05, 3.63) is 40.6 Å². The first-order chi connectivity index (χ1) is 18.9. The number of ether oxygens (including phenoxy) is 4. The second-order valence-electron chi connectivity index (χ2n) is 9.33. The third-order valence-electron chi connectivity index (χ3n) is 6.62. The van der Waals surface area contributed by atoms with Gasteiger partial charge in [-0.25, -0.2) is 0 Å². The first-order valence-electron chi connectivity index (χ1n) is 13.3. The zero-order valence-electron chi connectivity index (χ0n) is 23.5. The molecule has 39 heavy (non-hydrogen) atoms. The summed E-state index contributed by atoms with van der Waals surface area (Å²) in [5, 5.41) is 10.9. The standard InChI is InChI=1S/C30H39NO8/c1-6-7-10-17-31(2)24(32)12-9-8-11-18-38-22-19-23(36-4)29(37-5)30-25(22)26(33)27(34)28(39-30)20-13-15-21(35-3)16-14-20/h13-16,19,34H,6-12,17-18H2,1-5H3. The smallest absolute Gasteiger partial charge is 0.238 e. The molecule has 0 bridgehead atoms. The number of methoxy groups -OCH3 is 3. The number of aromatic hydroxyl groups is 1. The maximum atomic E-state index is 13.3. The van der Waals surface area contributed by atoms with Crippen molar-refractivity contribution in [3.63, 3.8) is 0 Å². The number of carbonyl (C=O) groups excluding carboxylic acids is 1. The molecule has 0 fully saturated rings. The van der Waals surface area contributed by atoms with Crippen LogP contribution in [0.4, 0.5) is 0 Å². The van der Waals surface area contributed by atoms with Crippen LogP contribution in [-0.2, 0) is 4.79 Å². The number of rotatable bonds is 15. The summed E-state index contributed by atoms with van der Waals surface area (Å²) in [5.74, 6) is 1.00. The molecule has 1 amide bonds. The number of nitrogens with zero attached hydrogens (tertiary/aromatic N) is 1. The largest absolute Gasteiger partial charge is 0.502 e. The highest BCUT2D eigenvalue weighted by atomic mass is 16.5. The molecular formula is C30H39NO8. The molecule has 2 aromatic carbocycles. The number of hydrogen-bond acceptors (Lipinski definition) is 8. The fraction of sp³-hybridized carbons (Fsp3) is 0.467. The monoisotopic (exact) mass is 541 g/mol. The maximum absolute atomic E-state index is 13.3. The lowest BCUT2D eigenvalue weighted by Gasteiger charge is -2.17. The Hall–Kier alpha value is -3.88. The van der Waals surface area contributed by atoms with Crippen molar-refractivity contribution in [1.29, 1.82) is 0 Å². The van der Waals surface area contributed by atoms with E-state index in [1.165, 1.54) is 14.2 Å². The van der Waals surface area contributed by atoms with E-state index in [9.17, 15) is 14.7 Å². The summed E-state index contributed by atoms with van der Waals surface area (Å²) in [6, 6.07) is 8.32. The number of unbranched alkanes of at least 4 members (excludes halogenated alkanes) is 4. The minimum absolute atomic E-state index is 0.00279. The van der Waals surface area contributed by atoms with Gasteiger partial charge in [-0.05, 0) is 49.9 Å². The highest BCUT2D eigenvalue weighted by Crippen LogP contribution is 2.43. The Morgan fingerprint density at radius 1 is 0.949 bits per heavy atom. The Balaban J connectivity index is 1.77. The van der Waals surface area contributed by atoms with E-state index in [0.717, 1.165) is 38.6 Å². The van der Waals surface area contributed by atoms with Crippen LogP contribution in [0.5, 0.6) is 28.7 Å². The van der Waals surface area contributed by atoms with Gasteiger partial charge in [0.1, 0.15) is 16.9 Å². The minimum Gasteiger partial charge on any atom is -0.502 e. The van der Waals surface area contributed by atoms with Gasteiger partial charge in [0.2, 0.25) is 22.8 Å². The second kappa shape index (κ2) is 14.3. The molecule has 0 radical (unpaired) electrons. The molecule has 9 nitrogen and oxygen atoms in total. The lowest BCUT2D eigenvalue weighted by atomic mass is 10.1. The van der Waals surface area contributed by atoms with Crippen LogP contribution in [0.2, 0.25) is 0 Å². The van der Waals surface area contributed by atoms with Gasteiger partial charge in [-0.15, -0.1) is 0 Å². The van der Waals surface area contributed by atoms with Crippen LogP contribution in [0.15, 0.2) is 39.5 Å². The molecule has 3 aromatic rings. The topological polar surface area (TPSA) is 108 Å². The van der Waals surface area contributed by atoms with Crippen molar-refractivity contribution >= 4 is 16.9 Å². The van der Waals surface area contributed by atoms with E-state index in [1.807, 2.05) is 7.05 Å². The van der Waals surface area contributed by atoms with Crippen molar-refractivity contribution in [2.45, 2.75) is 51.9 Å². The number of carbonyl (C=O) groups is 1. The van der Waals surface area contributed by atoms with E-state index in [1.54, 1.807) is 42.3 Å². The van der Waals surface area contributed by atoms with Crippen molar-refractivity contribution in [2.75, 3.05) is 41.5 Å². The first kappa shape index (κ1) is 29.7. The van der Waals surface area contributed by atoms with Gasteiger partial charge in [0.15, 0.2) is 17.1 Å². The van der Waals surface area contributed by atoms with Gasteiger partial charge in [-0.2, -0.15) is 0 Å². The fourth-order valence-corrected chi connectivity index (χ4v) is 4.33. The Bertz CT molecular complexity index is 1300. The average Bonchev–Trinajstić information content (AvgIpc) is 2.95. The number of benzene rings is 2. The summed E-state index contributed by atoms with van der Waals surface area (Å²) in [7, 11) is 6.33. The first-order valence-corrected chi connectivity index (χ1v) is 13.3. The van der Waals surface area contributed by atoms with Crippen LogP contribution in [0.25, 0.3) is 22.3 Å². The quantitative estimate of drug-likeness (QED) is 0.241. The highest BCUT2D eigenvalue weighted by Gasteiger charge is 2.24. The molecular weight excluding hydrogens is 502 g/mol. The zero-order chi connectivity index (χ0) is 28.4. The Kier molecular flexibility index (Phi) is 10.9. The van der Waals surface area contributed by atoms with Crippen LogP contribution in [0.1, 0.15) is 51.9 Å². The summed E-state index contributed by atoms with van der Waals surface area (Å²) in [6.45, 7) is 3.24. The molecule has 212 valence electrons. The maximum Gasteiger partial charge on any atom is 0.238 e. The van der Waals surface area contributed by atoms with Crippen molar-refractivity contribution < 1.29 is 33.3 Å². The van der Waals surface area contributed by atoms with Crippen LogP contribution in [-0.4, -0.2) is 57.4 Å². The summed E-state index contributed by atoms with van der Waals surface area (Å²) < 4.78 is 28.2. The van der Waals surface area contributed by atoms with Gasteiger partial charge in [-0.3, -0.25) is 9.59 Å². The molecule has 9 heteroatoms. The molecule has 0 spiro atoms. The predicted molar refractivity (Wildman–Crippen MR) is 150 cm³/mol. The van der Waals surface area contributed by atoms with Crippen molar-refractivity contribution in [2.24, 2.45) is 0 Å². The molecule has 0 saturated carbocycles. The normalized spacial score (nSPS) is 10.9. The summed E-state index contributed by atoms with van der Waals surface area (Å²) >= 11 is 0. The van der Waals surface area contributed by atoms with Gasteiger partial charge in [0.25, 0.3) is 0 Å². The van der Waals surface area contributed by atoms with Crippen LogP contribution >= 0.6 is 0 Å². The van der Waals surface area contributed by atoms with E-state index >= 15 is 0 Å². The van der Waals surface area contributed by atoms with Gasteiger partial charge in [-0.1, -0.05) is 19.8 Å². The number of amides is 1. The lowest BCUT2D eigenvalue weighted by Crippen LogP contribution is -2.27. The zero-order valence-corrected chi connectivity index (χ0v) is 23.5. The fourth-order valence-electron chi connectivity index (χ4n) is 4.33. The SMILES string of the molecule is CCCCCN(C)C(=O)CCCCCOc1cc(OC)c(OC)c2oc(-c3ccc(OC)cc3)c(O)c(=O)c12. The Morgan fingerprint density at radius 2 is 1.69 bits per heavy atom. The van der Waals surface area contributed by atoms with Crippen LogP contribution in [0.3, 0.4) is 0 Å². The molecule has 0 aliphatic rings. The average molecular weight is 542 g/mol. The highest BCUT2D eigenvalue weighted by molar-refractivity contribution is 5.93. The van der Waals surface area contributed by atoms with E-state index in [0.29, 0.717) is 36.5 Å². The molecule has 3 rings (SSSR count). The third-order valence-corrected chi connectivity index (χ3v) is 6.62. The molecule has 1 aromatic heterocycles. The van der Waals surface area contributed by atoms with Gasteiger partial charge in [0.05, 0.1) is 27.9 Å². The van der Waals surface area contributed by atoms with Gasteiger partial charge in [0, 0.05) is 31.6 Å². The second-order valence-corrected chi connectivity index (χ2v) is 9.33. The van der Waals surface area contributed by atoms with Crippen LogP contribution in [0, 0.1) is 0 Å². The molecule has 1 N–H and O–H groups in total. The molecule has 1 heterocycles.